The Bertz CT molecular complexity index is 1150. The number of ether oxygens (including phenoxy) is 1. The van der Waals surface area contributed by atoms with Gasteiger partial charge in [-0.15, -0.1) is 0 Å². The molecule has 1 aliphatic heterocycles. The summed E-state index contributed by atoms with van der Waals surface area (Å²) in [4.78, 5) is 21.6. The second kappa shape index (κ2) is 9.00. The Kier molecular flexibility index (Phi) is 6.27. The SMILES string of the molecule is COC(=O)c1cc(Nc2ncc(C)c(NC3=CC(C)=C3)n2)cc(C)c1B1OCC(C)(C)CO1. The molecular formula is C24H29BN4O4. The molecule has 9 heteroatoms. The number of aryl methyl sites for hydroxylation is 2. The largest absolute Gasteiger partial charge is 0.495 e. The van der Waals surface area contributed by atoms with E-state index in [1.807, 2.05) is 26.8 Å². The maximum Gasteiger partial charge on any atom is 0.495 e. The highest BCUT2D eigenvalue weighted by atomic mass is 16.6. The van der Waals surface area contributed by atoms with Crippen LogP contribution in [0.5, 0.6) is 0 Å². The van der Waals surface area contributed by atoms with E-state index in [0.717, 1.165) is 22.6 Å². The van der Waals surface area contributed by atoms with Crippen LogP contribution in [0.1, 0.15) is 42.3 Å². The second-order valence-corrected chi connectivity index (χ2v) is 9.33. The fourth-order valence-electron chi connectivity index (χ4n) is 3.77. The third-order valence-electron chi connectivity index (χ3n) is 5.54. The molecule has 1 aliphatic carbocycles. The van der Waals surface area contributed by atoms with Crippen molar-refractivity contribution >= 4 is 36.0 Å². The van der Waals surface area contributed by atoms with Gasteiger partial charge in [0.25, 0.3) is 0 Å². The van der Waals surface area contributed by atoms with Crippen LogP contribution in [0.2, 0.25) is 0 Å². The van der Waals surface area contributed by atoms with E-state index in [4.69, 9.17) is 14.0 Å². The van der Waals surface area contributed by atoms with Crippen molar-refractivity contribution in [3.05, 3.63) is 58.4 Å². The first-order valence-corrected chi connectivity index (χ1v) is 10.9. The third kappa shape index (κ3) is 5.10. The highest BCUT2D eigenvalue weighted by Crippen LogP contribution is 2.26. The highest BCUT2D eigenvalue weighted by Gasteiger charge is 2.37. The van der Waals surface area contributed by atoms with Crippen LogP contribution in [0.25, 0.3) is 0 Å². The number of allylic oxidation sites excluding steroid dienone is 3. The third-order valence-corrected chi connectivity index (χ3v) is 5.54. The Hall–Kier alpha value is -3.17. The summed E-state index contributed by atoms with van der Waals surface area (Å²) in [6, 6.07) is 3.64. The molecular weight excluding hydrogens is 419 g/mol. The number of anilines is 3. The van der Waals surface area contributed by atoms with E-state index in [9.17, 15) is 4.79 Å². The fourth-order valence-corrected chi connectivity index (χ4v) is 3.77. The van der Waals surface area contributed by atoms with E-state index in [2.05, 4.69) is 46.6 Å². The fraction of sp³-hybridized carbons (Fsp3) is 0.375. The summed E-state index contributed by atoms with van der Waals surface area (Å²) in [7, 11) is 0.736. The van der Waals surface area contributed by atoms with Crippen molar-refractivity contribution in [2.45, 2.75) is 34.6 Å². The molecule has 0 spiro atoms. The number of esters is 1. The first-order valence-electron chi connectivity index (χ1n) is 10.9. The molecule has 4 rings (SSSR count). The first-order chi connectivity index (χ1) is 15.6. The van der Waals surface area contributed by atoms with E-state index in [-0.39, 0.29) is 5.41 Å². The number of carbonyl (C=O) groups is 1. The Balaban J connectivity index is 1.61. The predicted molar refractivity (Wildman–Crippen MR) is 129 cm³/mol. The topological polar surface area (TPSA) is 94.6 Å². The molecule has 1 saturated heterocycles. The van der Waals surface area contributed by atoms with Gasteiger partial charge in [0.15, 0.2) is 0 Å². The van der Waals surface area contributed by atoms with Gasteiger partial charge < -0.3 is 24.7 Å². The molecule has 172 valence electrons. The average molecular weight is 448 g/mol. The minimum atomic E-state index is -0.625. The lowest BCUT2D eigenvalue weighted by molar-refractivity contribution is 0.0339. The zero-order chi connectivity index (χ0) is 23.8. The van der Waals surface area contributed by atoms with Gasteiger partial charge in [0.05, 0.1) is 12.7 Å². The summed E-state index contributed by atoms with van der Waals surface area (Å²) in [6.07, 6.45) is 5.85. The predicted octanol–water partition coefficient (Wildman–Crippen LogP) is 3.65. The summed E-state index contributed by atoms with van der Waals surface area (Å²) in [6.45, 7) is 11.1. The Morgan fingerprint density at radius 2 is 1.79 bits per heavy atom. The van der Waals surface area contributed by atoms with E-state index < -0.39 is 13.1 Å². The monoisotopic (exact) mass is 448 g/mol. The molecule has 2 aliphatic rings. The number of nitrogens with one attached hydrogen (secondary N) is 2. The maximum absolute atomic E-state index is 12.6. The van der Waals surface area contributed by atoms with Crippen LogP contribution in [-0.4, -0.2) is 43.4 Å². The molecule has 0 bridgehead atoms. The van der Waals surface area contributed by atoms with Crippen molar-refractivity contribution in [3.8, 4) is 0 Å². The molecule has 0 unspecified atom stereocenters. The van der Waals surface area contributed by atoms with Crippen LogP contribution in [0.3, 0.4) is 0 Å². The van der Waals surface area contributed by atoms with Crippen molar-refractivity contribution in [1.29, 1.82) is 0 Å². The molecule has 1 fully saturated rings. The van der Waals surface area contributed by atoms with Crippen LogP contribution in [-0.2, 0) is 14.0 Å². The summed E-state index contributed by atoms with van der Waals surface area (Å²) >= 11 is 0. The smallest absolute Gasteiger partial charge is 0.465 e. The number of carbonyl (C=O) groups excluding carboxylic acids is 1. The van der Waals surface area contributed by atoms with Crippen molar-refractivity contribution in [3.63, 3.8) is 0 Å². The Morgan fingerprint density at radius 3 is 2.42 bits per heavy atom. The number of hydrogen-bond acceptors (Lipinski definition) is 8. The van der Waals surface area contributed by atoms with Crippen LogP contribution in [0, 0.1) is 19.3 Å². The second-order valence-electron chi connectivity index (χ2n) is 9.33. The zero-order valence-electron chi connectivity index (χ0n) is 19.9. The molecule has 1 aromatic carbocycles. The van der Waals surface area contributed by atoms with Crippen molar-refractivity contribution in [2.24, 2.45) is 5.41 Å². The van der Waals surface area contributed by atoms with Gasteiger partial charge >= 0.3 is 13.1 Å². The van der Waals surface area contributed by atoms with Gasteiger partial charge in [0.1, 0.15) is 5.82 Å². The van der Waals surface area contributed by atoms with Gasteiger partial charge in [0, 0.05) is 41.8 Å². The van der Waals surface area contributed by atoms with E-state index in [1.54, 1.807) is 12.3 Å². The quantitative estimate of drug-likeness (QED) is 0.511. The van der Waals surface area contributed by atoms with Crippen molar-refractivity contribution < 1.29 is 18.8 Å². The number of aromatic nitrogens is 2. The van der Waals surface area contributed by atoms with Crippen LogP contribution in [0.15, 0.2) is 41.8 Å². The Labute approximate surface area is 194 Å². The lowest BCUT2D eigenvalue weighted by Gasteiger charge is -2.34. The van der Waals surface area contributed by atoms with Crippen LogP contribution < -0.4 is 16.1 Å². The number of hydrogen-bond donors (Lipinski definition) is 2. The summed E-state index contributed by atoms with van der Waals surface area (Å²) in [5.41, 5.74) is 5.64. The molecule has 2 heterocycles. The van der Waals surface area contributed by atoms with E-state index in [1.165, 1.54) is 12.7 Å². The van der Waals surface area contributed by atoms with E-state index in [0.29, 0.717) is 35.9 Å². The molecule has 0 atom stereocenters. The first kappa shape index (κ1) is 23.0. The molecule has 2 aromatic rings. The summed E-state index contributed by atoms with van der Waals surface area (Å²) < 4.78 is 16.9. The highest BCUT2D eigenvalue weighted by molar-refractivity contribution is 6.63. The molecule has 0 radical (unpaired) electrons. The maximum atomic E-state index is 12.6. The van der Waals surface area contributed by atoms with Gasteiger partial charge in [-0.1, -0.05) is 13.8 Å². The standard InChI is InChI=1S/C24H29BN4O4/c1-14-7-17(8-14)27-21-16(3)11-26-23(29-21)28-18-9-15(2)20(19(10-18)22(30)31-6)25-32-12-24(4,5)13-33-25/h7-11H,12-13H2,1-6H3,(H2,26,27,28,29). The molecule has 2 N–H and O–H groups in total. The van der Waals surface area contributed by atoms with Crippen molar-refractivity contribution in [2.75, 3.05) is 31.0 Å². The lowest BCUT2D eigenvalue weighted by Crippen LogP contribution is -2.50. The van der Waals surface area contributed by atoms with Gasteiger partial charge in [0.2, 0.25) is 5.95 Å². The zero-order valence-corrected chi connectivity index (χ0v) is 19.9. The molecule has 8 nitrogen and oxygen atoms in total. The average Bonchev–Trinajstić information content (AvgIpc) is 2.74. The number of nitrogens with zero attached hydrogens (tertiary/aromatic N) is 2. The van der Waals surface area contributed by atoms with Gasteiger partial charge in [-0.25, -0.2) is 9.78 Å². The molecule has 0 amide bonds. The molecule has 33 heavy (non-hydrogen) atoms. The minimum absolute atomic E-state index is 0.0735. The van der Waals surface area contributed by atoms with Crippen molar-refractivity contribution in [1.82, 2.24) is 9.97 Å². The van der Waals surface area contributed by atoms with E-state index >= 15 is 0 Å². The lowest BCUT2D eigenvalue weighted by atomic mass is 9.71. The number of rotatable bonds is 6. The number of benzene rings is 1. The normalized spacial score (nSPS) is 17.0. The number of methoxy groups -OCH3 is 1. The molecule has 1 aromatic heterocycles. The van der Waals surface area contributed by atoms with Crippen LogP contribution >= 0.6 is 0 Å². The minimum Gasteiger partial charge on any atom is -0.465 e. The van der Waals surface area contributed by atoms with Crippen LogP contribution in [0.4, 0.5) is 17.5 Å². The Morgan fingerprint density at radius 1 is 1.09 bits per heavy atom. The van der Waals surface area contributed by atoms with Gasteiger partial charge in [-0.3, -0.25) is 0 Å². The van der Waals surface area contributed by atoms with Gasteiger partial charge in [-0.2, -0.15) is 4.98 Å². The summed E-state index contributed by atoms with van der Waals surface area (Å²) in [5.74, 6) is 0.675. The molecule has 0 saturated carbocycles. The van der Waals surface area contributed by atoms with Gasteiger partial charge in [-0.05, 0) is 61.7 Å². The summed E-state index contributed by atoms with van der Waals surface area (Å²) in [5, 5.41) is 6.50.